The van der Waals surface area contributed by atoms with Crippen molar-refractivity contribution in [3.8, 4) is 11.5 Å². The third-order valence-electron chi connectivity index (χ3n) is 3.58. The topological polar surface area (TPSA) is 95.5 Å². The van der Waals surface area contributed by atoms with Gasteiger partial charge in [0.05, 0.1) is 11.5 Å². The van der Waals surface area contributed by atoms with E-state index in [1.807, 2.05) is 31.2 Å². The standard InChI is InChI=1S/C17H13ClN2O5/c1-3-24-17(21)13-12(20(22)23)8-11-15(14(13)18)25-16(19-11)10-6-4-9(2)5-7-10/h4-8H,3H2,1-2H3. The summed E-state index contributed by atoms with van der Waals surface area (Å²) < 4.78 is 10.5. The minimum Gasteiger partial charge on any atom is -0.462 e. The van der Waals surface area contributed by atoms with Crippen LogP contribution in [0.4, 0.5) is 5.69 Å². The van der Waals surface area contributed by atoms with Crippen molar-refractivity contribution in [2.24, 2.45) is 0 Å². The molecule has 2 aromatic carbocycles. The zero-order chi connectivity index (χ0) is 18.1. The first-order valence-electron chi connectivity index (χ1n) is 7.44. The lowest BCUT2D eigenvalue weighted by atomic mass is 10.1. The fourth-order valence-corrected chi connectivity index (χ4v) is 2.69. The van der Waals surface area contributed by atoms with E-state index in [4.69, 9.17) is 20.8 Å². The van der Waals surface area contributed by atoms with Crippen LogP contribution >= 0.6 is 11.6 Å². The molecule has 0 atom stereocenters. The maximum atomic E-state index is 12.1. The molecule has 0 amide bonds. The summed E-state index contributed by atoms with van der Waals surface area (Å²) in [6.07, 6.45) is 0. The van der Waals surface area contributed by atoms with E-state index in [1.165, 1.54) is 0 Å². The number of hydrogen-bond donors (Lipinski definition) is 0. The zero-order valence-corrected chi connectivity index (χ0v) is 14.2. The molecule has 0 unspecified atom stereocenters. The van der Waals surface area contributed by atoms with Crippen molar-refractivity contribution in [3.63, 3.8) is 0 Å². The Balaban J connectivity index is 2.22. The largest absolute Gasteiger partial charge is 0.462 e. The number of rotatable bonds is 4. The summed E-state index contributed by atoms with van der Waals surface area (Å²) in [5.74, 6) is -0.624. The Hall–Kier alpha value is -2.93. The number of aromatic nitrogens is 1. The smallest absolute Gasteiger partial charge is 0.346 e. The molecule has 0 fully saturated rings. The first-order chi connectivity index (χ1) is 11.9. The number of nitro groups is 1. The zero-order valence-electron chi connectivity index (χ0n) is 13.4. The summed E-state index contributed by atoms with van der Waals surface area (Å²) in [7, 11) is 0. The van der Waals surface area contributed by atoms with Gasteiger partial charge in [-0.05, 0) is 26.0 Å². The number of benzene rings is 2. The van der Waals surface area contributed by atoms with E-state index in [-0.39, 0.29) is 34.2 Å². The average molecular weight is 361 g/mol. The number of ether oxygens (including phenoxy) is 1. The average Bonchev–Trinajstić information content (AvgIpc) is 3.00. The predicted molar refractivity (Wildman–Crippen MR) is 91.8 cm³/mol. The highest BCUT2D eigenvalue weighted by molar-refractivity contribution is 6.38. The Morgan fingerprint density at radius 1 is 1.36 bits per heavy atom. The van der Waals surface area contributed by atoms with Gasteiger partial charge in [-0.1, -0.05) is 29.3 Å². The Labute approximate surface area is 147 Å². The SMILES string of the molecule is CCOC(=O)c1c([N+](=O)[O-])cc2nc(-c3ccc(C)cc3)oc2c1Cl. The van der Waals surface area contributed by atoms with Gasteiger partial charge in [-0.2, -0.15) is 0 Å². The van der Waals surface area contributed by atoms with Crippen LogP contribution in [0.5, 0.6) is 0 Å². The molecule has 3 rings (SSSR count). The van der Waals surface area contributed by atoms with Crippen LogP contribution in [0.2, 0.25) is 5.02 Å². The molecule has 0 aliphatic heterocycles. The second kappa shape index (κ2) is 6.52. The minimum atomic E-state index is -0.880. The van der Waals surface area contributed by atoms with Crippen LogP contribution in [0.15, 0.2) is 34.7 Å². The molecule has 1 heterocycles. The summed E-state index contributed by atoms with van der Waals surface area (Å²) >= 11 is 6.21. The number of nitrogens with zero attached hydrogens (tertiary/aromatic N) is 2. The summed E-state index contributed by atoms with van der Waals surface area (Å²) in [5, 5.41) is 11.1. The summed E-state index contributed by atoms with van der Waals surface area (Å²) in [6.45, 7) is 3.61. The quantitative estimate of drug-likeness (QED) is 0.385. The van der Waals surface area contributed by atoms with Gasteiger partial charge in [-0.3, -0.25) is 10.1 Å². The monoisotopic (exact) mass is 360 g/mol. The van der Waals surface area contributed by atoms with Crippen LogP contribution in [0.1, 0.15) is 22.8 Å². The molecule has 8 heteroatoms. The number of nitro benzene ring substituents is 1. The van der Waals surface area contributed by atoms with E-state index >= 15 is 0 Å². The highest BCUT2D eigenvalue weighted by Gasteiger charge is 2.29. The number of fused-ring (bicyclic) bond motifs is 1. The van der Waals surface area contributed by atoms with Gasteiger partial charge >= 0.3 is 5.97 Å². The maximum absolute atomic E-state index is 12.1. The van der Waals surface area contributed by atoms with Crippen LogP contribution in [0.25, 0.3) is 22.6 Å². The molecule has 0 bridgehead atoms. The molecule has 3 aromatic rings. The van der Waals surface area contributed by atoms with Gasteiger partial charge < -0.3 is 9.15 Å². The lowest BCUT2D eigenvalue weighted by molar-refractivity contribution is -0.385. The van der Waals surface area contributed by atoms with Crippen molar-refractivity contribution < 1.29 is 18.9 Å². The lowest BCUT2D eigenvalue weighted by Crippen LogP contribution is -2.09. The Kier molecular flexibility index (Phi) is 4.41. The van der Waals surface area contributed by atoms with E-state index < -0.39 is 16.6 Å². The van der Waals surface area contributed by atoms with E-state index in [2.05, 4.69) is 4.98 Å². The van der Waals surface area contributed by atoms with E-state index in [0.29, 0.717) is 5.56 Å². The molecule has 0 saturated heterocycles. The van der Waals surface area contributed by atoms with Gasteiger partial charge in [0.25, 0.3) is 5.69 Å². The van der Waals surface area contributed by atoms with Crippen LogP contribution in [-0.4, -0.2) is 22.5 Å². The third kappa shape index (κ3) is 3.06. The number of halogens is 1. The number of aryl methyl sites for hydroxylation is 1. The molecule has 0 N–H and O–H groups in total. The predicted octanol–water partition coefficient (Wildman–Crippen LogP) is 4.54. The molecule has 7 nitrogen and oxygen atoms in total. The van der Waals surface area contributed by atoms with Crippen LogP contribution in [0, 0.1) is 17.0 Å². The number of carbonyl (C=O) groups is 1. The first-order valence-corrected chi connectivity index (χ1v) is 7.81. The van der Waals surface area contributed by atoms with Gasteiger partial charge in [0, 0.05) is 11.6 Å². The molecule has 0 saturated carbocycles. The third-order valence-corrected chi connectivity index (χ3v) is 3.94. The summed E-state index contributed by atoms with van der Waals surface area (Å²) in [5.41, 5.74) is 1.25. The number of esters is 1. The molecule has 0 aliphatic carbocycles. The normalized spacial score (nSPS) is 10.8. The maximum Gasteiger partial charge on any atom is 0.346 e. The highest BCUT2D eigenvalue weighted by Crippen LogP contribution is 2.37. The van der Waals surface area contributed by atoms with Crippen molar-refractivity contribution in [2.75, 3.05) is 6.61 Å². The van der Waals surface area contributed by atoms with Crippen LogP contribution < -0.4 is 0 Å². The van der Waals surface area contributed by atoms with E-state index in [0.717, 1.165) is 11.6 Å². The van der Waals surface area contributed by atoms with Gasteiger partial charge in [-0.15, -0.1) is 0 Å². The second-order valence-electron chi connectivity index (χ2n) is 5.30. The Morgan fingerprint density at radius 2 is 2.04 bits per heavy atom. The van der Waals surface area contributed by atoms with Crippen LogP contribution in [-0.2, 0) is 4.74 Å². The van der Waals surface area contributed by atoms with E-state index in [1.54, 1.807) is 6.92 Å². The van der Waals surface area contributed by atoms with Crippen molar-refractivity contribution in [3.05, 3.63) is 56.6 Å². The number of hydrogen-bond acceptors (Lipinski definition) is 6. The van der Waals surface area contributed by atoms with Crippen molar-refractivity contribution in [2.45, 2.75) is 13.8 Å². The minimum absolute atomic E-state index is 0.0649. The van der Waals surface area contributed by atoms with E-state index in [9.17, 15) is 14.9 Å². The van der Waals surface area contributed by atoms with Crippen molar-refractivity contribution in [1.82, 2.24) is 4.98 Å². The van der Waals surface area contributed by atoms with Gasteiger partial charge in [-0.25, -0.2) is 9.78 Å². The van der Waals surface area contributed by atoms with Crippen molar-refractivity contribution >= 4 is 34.4 Å². The summed E-state index contributed by atoms with van der Waals surface area (Å²) in [4.78, 5) is 27.0. The number of oxazole rings is 1. The first kappa shape index (κ1) is 16.9. The second-order valence-corrected chi connectivity index (χ2v) is 5.67. The Morgan fingerprint density at radius 3 is 2.64 bits per heavy atom. The van der Waals surface area contributed by atoms with Crippen molar-refractivity contribution in [1.29, 1.82) is 0 Å². The molecule has 25 heavy (non-hydrogen) atoms. The summed E-state index contributed by atoms with van der Waals surface area (Å²) in [6, 6.07) is 8.56. The van der Waals surface area contributed by atoms with Gasteiger partial charge in [0.15, 0.2) is 11.1 Å². The van der Waals surface area contributed by atoms with Gasteiger partial charge in [0.1, 0.15) is 10.5 Å². The Bertz CT molecular complexity index is 979. The lowest BCUT2D eigenvalue weighted by Gasteiger charge is -2.05. The fraction of sp³-hybridized carbons (Fsp3) is 0.176. The molecule has 0 spiro atoms. The molecule has 128 valence electrons. The molecule has 1 aromatic heterocycles. The number of carbonyl (C=O) groups excluding carboxylic acids is 1. The van der Waals surface area contributed by atoms with Gasteiger partial charge in [0.2, 0.25) is 5.89 Å². The molecule has 0 radical (unpaired) electrons. The molecular weight excluding hydrogens is 348 g/mol. The fourth-order valence-electron chi connectivity index (χ4n) is 2.38. The highest BCUT2D eigenvalue weighted by atomic mass is 35.5. The molecular formula is C17H13ClN2O5. The van der Waals surface area contributed by atoms with Crippen LogP contribution in [0.3, 0.4) is 0 Å². The molecule has 0 aliphatic rings.